The Labute approximate surface area is 203 Å². The van der Waals surface area contributed by atoms with Crippen LogP contribution >= 0.6 is 0 Å². The standard InChI is InChI=1S/C24H28FN3O6S/c1-24(2,3)34-23(30)27-17-8-11-21-20(12-17)28(35(31,32)19-9-6-16(25)7-10-19)14-18(33-21)13-26-22(29)15-4-5-15/h6-12,15,18H,4-5,13-14H2,1-3H3,(H,26,29)(H,27,30)/t18-/m0/s1. The van der Waals surface area contributed by atoms with Crippen molar-refractivity contribution in [2.45, 2.75) is 50.2 Å². The Balaban J connectivity index is 1.63. The maximum atomic E-state index is 13.5. The minimum absolute atomic E-state index is 0.00594. The van der Waals surface area contributed by atoms with Crippen LogP contribution in [0.4, 0.5) is 20.6 Å². The molecule has 0 aromatic heterocycles. The van der Waals surface area contributed by atoms with Crippen LogP contribution < -0.4 is 19.7 Å². The minimum Gasteiger partial charge on any atom is -0.484 e. The van der Waals surface area contributed by atoms with Crippen LogP contribution in [-0.2, 0) is 19.6 Å². The molecular formula is C24H28FN3O6S. The molecule has 1 aliphatic heterocycles. The molecule has 2 aromatic carbocycles. The number of carbonyl (C=O) groups excluding carboxylic acids is 2. The van der Waals surface area contributed by atoms with Crippen LogP contribution in [-0.4, -0.2) is 45.2 Å². The van der Waals surface area contributed by atoms with E-state index in [9.17, 15) is 22.4 Å². The molecular weight excluding hydrogens is 477 g/mol. The number of hydrogen-bond acceptors (Lipinski definition) is 6. The lowest BCUT2D eigenvalue weighted by Gasteiger charge is -2.36. The summed E-state index contributed by atoms with van der Waals surface area (Å²) in [5.74, 6) is -0.367. The van der Waals surface area contributed by atoms with Gasteiger partial charge in [-0.15, -0.1) is 0 Å². The summed E-state index contributed by atoms with van der Waals surface area (Å²) in [7, 11) is -4.11. The maximum absolute atomic E-state index is 13.5. The number of anilines is 2. The number of hydrogen-bond donors (Lipinski definition) is 2. The van der Waals surface area contributed by atoms with Crippen molar-refractivity contribution in [2.75, 3.05) is 22.7 Å². The molecule has 11 heteroatoms. The zero-order chi connectivity index (χ0) is 25.4. The normalized spacial score (nSPS) is 17.7. The second-order valence-electron chi connectivity index (χ2n) is 9.56. The highest BCUT2D eigenvalue weighted by Crippen LogP contribution is 2.39. The van der Waals surface area contributed by atoms with E-state index >= 15 is 0 Å². The van der Waals surface area contributed by atoms with E-state index in [1.54, 1.807) is 32.9 Å². The number of carbonyl (C=O) groups is 2. The van der Waals surface area contributed by atoms with E-state index in [-0.39, 0.29) is 41.2 Å². The third kappa shape index (κ3) is 6.02. The lowest BCUT2D eigenvalue weighted by atomic mass is 10.2. The quantitative estimate of drug-likeness (QED) is 0.620. The van der Waals surface area contributed by atoms with E-state index < -0.39 is 33.6 Å². The van der Waals surface area contributed by atoms with E-state index in [0.29, 0.717) is 5.69 Å². The number of sulfonamides is 1. The second kappa shape index (κ2) is 9.37. The van der Waals surface area contributed by atoms with Gasteiger partial charge in [-0.1, -0.05) is 0 Å². The number of benzene rings is 2. The lowest BCUT2D eigenvalue weighted by Crippen LogP contribution is -2.48. The Kier molecular flexibility index (Phi) is 6.63. The van der Waals surface area contributed by atoms with Gasteiger partial charge in [0.15, 0.2) is 0 Å². The van der Waals surface area contributed by atoms with Crippen LogP contribution in [0.15, 0.2) is 47.4 Å². The van der Waals surface area contributed by atoms with Crippen molar-refractivity contribution in [1.29, 1.82) is 0 Å². The van der Waals surface area contributed by atoms with E-state index in [0.717, 1.165) is 29.3 Å². The highest BCUT2D eigenvalue weighted by Gasteiger charge is 2.36. The van der Waals surface area contributed by atoms with E-state index in [1.807, 2.05) is 0 Å². The number of fused-ring (bicyclic) bond motifs is 1. The Morgan fingerprint density at radius 2 is 1.83 bits per heavy atom. The molecule has 35 heavy (non-hydrogen) atoms. The first-order valence-corrected chi connectivity index (χ1v) is 12.7. The summed E-state index contributed by atoms with van der Waals surface area (Å²) in [6.07, 6.45) is 0.352. The first kappa shape index (κ1) is 24.8. The fraction of sp³-hybridized carbons (Fsp3) is 0.417. The first-order valence-electron chi connectivity index (χ1n) is 11.3. The molecule has 1 aliphatic carbocycles. The van der Waals surface area contributed by atoms with Gasteiger partial charge in [-0.2, -0.15) is 0 Å². The second-order valence-corrected chi connectivity index (χ2v) is 11.4. The van der Waals surface area contributed by atoms with Gasteiger partial charge in [0.25, 0.3) is 10.0 Å². The zero-order valence-electron chi connectivity index (χ0n) is 19.7. The average molecular weight is 506 g/mol. The predicted molar refractivity (Wildman–Crippen MR) is 127 cm³/mol. The van der Waals surface area contributed by atoms with Crippen molar-refractivity contribution in [2.24, 2.45) is 5.92 Å². The molecule has 1 fully saturated rings. The molecule has 2 aromatic rings. The van der Waals surface area contributed by atoms with Crippen LogP contribution in [0.1, 0.15) is 33.6 Å². The molecule has 1 atom stereocenters. The first-order chi connectivity index (χ1) is 16.4. The molecule has 1 saturated carbocycles. The van der Waals surface area contributed by atoms with Gasteiger partial charge < -0.3 is 14.8 Å². The number of nitrogens with one attached hydrogen (secondary N) is 2. The molecule has 2 N–H and O–H groups in total. The SMILES string of the molecule is CC(C)(C)OC(=O)Nc1ccc2c(c1)N(S(=O)(=O)c1ccc(F)cc1)C[C@H](CNC(=O)C1CC1)O2. The summed E-state index contributed by atoms with van der Waals surface area (Å²) < 4.78 is 52.9. The molecule has 0 saturated heterocycles. The number of halogens is 1. The van der Waals surface area contributed by atoms with E-state index in [2.05, 4.69) is 10.6 Å². The van der Waals surface area contributed by atoms with Gasteiger partial charge in [-0.25, -0.2) is 17.6 Å². The van der Waals surface area contributed by atoms with Gasteiger partial charge >= 0.3 is 6.09 Å². The largest absolute Gasteiger partial charge is 0.484 e. The number of rotatable bonds is 6. The Bertz CT molecular complexity index is 1220. The molecule has 0 bridgehead atoms. The van der Waals surface area contributed by atoms with Crippen molar-refractivity contribution >= 4 is 33.4 Å². The molecule has 2 aliphatic rings. The van der Waals surface area contributed by atoms with Crippen LogP contribution in [0.25, 0.3) is 0 Å². The van der Waals surface area contributed by atoms with Gasteiger partial charge in [-0.3, -0.25) is 14.4 Å². The topological polar surface area (TPSA) is 114 Å². The number of amides is 2. The fourth-order valence-electron chi connectivity index (χ4n) is 3.58. The summed E-state index contributed by atoms with van der Waals surface area (Å²) in [4.78, 5) is 24.2. The smallest absolute Gasteiger partial charge is 0.412 e. The van der Waals surface area contributed by atoms with E-state index in [1.165, 1.54) is 18.2 Å². The molecule has 188 valence electrons. The minimum atomic E-state index is -4.11. The Morgan fingerprint density at radius 1 is 1.14 bits per heavy atom. The maximum Gasteiger partial charge on any atom is 0.412 e. The van der Waals surface area contributed by atoms with Crippen molar-refractivity contribution in [3.63, 3.8) is 0 Å². The third-order valence-electron chi connectivity index (χ3n) is 5.39. The Morgan fingerprint density at radius 3 is 2.46 bits per heavy atom. The molecule has 2 amide bonds. The summed E-state index contributed by atoms with van der Waals surface area (Å²) in [6.45, 7) is 5.22. The molecule has 4 rings (SSSR count). The number of ether oxygens (including phenoxy) is 2. The zero-order valence-corrected chi connectivity index (χ0v) is 20.5. The van der Waals surface area contributed by atoms with Crippen LogP contribution in [0, 0.1) is 11.7 Å². The molecule has 0 radical (unpaired) electrons. The van der Waals surface area contributed by atoms with Crippen molar-refractivity contribution in [3.8, 4) is 5.75 Å². The molecule has 0 unspecified atom stereocenters. The van der Waals surface area contributed by atoms with Crippen LogP contribution in [0.2, 0.25) is 0 Å². The highest BCUT2D eigenvalue weighted by atomic mass is 32.2. The fourth-order valence-corrected chi connectivity index (χ4v) is 5.08. The monoisotopic (exact) mass is 505 g/mol. The van der Waals surface area contributed by atoms with E-state index in [4.69, 9.17) is 9.47 Å². The highest BCUT2D eigenvalue weighted by molar-refractivity contribution is 7.92. The van der Waals surface area contributed by atoms with Gasteiger partial charge in [0.05, 0.1) is 23.7 Å². The van der Waals surface area contributed by atoms with Crippen molar-refractivity contribution in [1.82, 2.24) is 5.32 Å². The third-order valence-corrected chi connectivity index (χ3v) is 7.18. The Hall–Kier alpha value is -3.34. The summed E-state index contributed by atoms with van der Waals surface area (Å²) in [5, 5.41) is 5.41. The lowest BCUT2D eigenvalue weighted by molar-refractivity contribution is -0.122. The molecule has 0 spiro atoms. The van der Waals surface area contributed by atoms with Crippen molar-refractivity contribution in [3.05, 3.63) is 48.3 Å². The van der Waals surface area contributed by atoms with Crippen molar-refractivity contribution < 1.29 is 31.9 Å². The van der Waals surface area contributed by atoms with Crippen LogP contribution in [0.5, 0.6) is 5.75 Å². The molecule has 9 nitrogen and oxygen atoms in total. The summed E-state index contributed by atoms with van der Waals surface area (Å²) >= 11 is 0. The average Bonchev–Trinajstić information content (AvgIpc) is 3.61. The molecule has 1 heterocycles. The van der Waals surface area contributed by atoms with Gasteiger partial charge in [0.1, 0.15) is 23.3 Å². The van der Waals surface area contributed by atoms with Crippen LogP contribution in [0.3, 0.4) is 0 Å². The number of nitrogens with zero attached hydrogens (tertiary/aromatic N) is 1. The van der Waals surface area contributed by atoms with Gasteiger partial charge in [0, 0.05) is 11.6 Å². The van der Waals surface area contributed by atoms with Gasteiger partial charge in [-0.05, 0) is 76.1 Å². The summed E-state index contributed by atoms with van der Waals surface area (Å²) in [5.41, 5.74) is -0.202. The predicted octanol–water partition coefficient (Wildman–Crippen LogP) is 3.66. The van der Waals surface area contributed by atoms with Gasteiger partial charge in [0.2, 0.25) is 5.91 Å². The summed E-state index contributed by atoms with van der Waals surface area (Å²) in [6, 6.07) is 9.10.